The fourth-order valence-corrected chi connectivity index (χ4v) is 2.64. The van der Waals surface area contributed by atoms with Gasteiger partial charge in [0.25, 0.3) is 0 Å². The molecule has 2 unspecified atom stereocenters. The molecule has 1 saturated carbocycles. The molecule has 11 heavy (non-hydrogen) atoms. The van der Waals surface area contributed by atoms with Gasteiger partial charge in [-0.05, 0) is 30.6 Å². The molecule has 0 aromatic carbocycles. The molecule has 0 aliphatic heterocycles. The smallest absolute Gasteiger partial charge is 0.0257 e. The minimum Gasteiger partial charge on any atom is -0.126 e. The summed E-state index contributed by atoms with van der Waals surface area (Å²) in [6, 6.07) is 0. The van der Waals surface area contributed by atoms with Gasteiger partial charge in [-0.1, -0.05) is 26.0 Å². The predicted octanol–water partition coefficient (Wildman–Crippen LogP) is 3.46. The third-order valence-electron chi connectivity index (χ3n) is 3.25. The first kappa shape index (κ1) is 9.12. The molecule has 0 spiro atoms. The number of allylic oxidation sites excluding steroid dienone is 1. The number of hydrogen-bond acceptors (Lipinski definition) is 0. The Bertz CT molecular complexity index is 170. The highest BCUT2D eigenvalue weighted by Gasteiger charge is 2.47. The normalized spacial score (nSPS) is 34.5. The third-order valence-corrected chi connectivity index (χ3v) is 3.62. The first-order valence-corrected chi connectivity index (χ1v) is 4.75. The van der Waals surface area contributed by atoms with Gasteiger partial charge in [0.05, 0.1) is 0 Å². The van der Waals surface area contributed by atoms with Crippen LogP contribution in [0, 0.1) is 17.3 Å². The number of alkyl halides is 1. The maximum Gasteiger partial charge on any atom is 0.0257 e. The summed E-state index contributed by atoms with van der Waals surface area (Å²) in [7, 11) is 0. The molecule has 0 radical (unpaired) electrons. The van der Waals surface area contributed by atoms with Crippen molar-refractivity contribution < 1.29 is 0 Å². The van der Waals surface area contributed by atoms with Crippen molar-refractivity contribution in [3.05, 3.63) is 12.2 Å². The molecule has 2 atom stereocenters. The molecule has 0 amide bonds. The van der Waals surface area contributed by atoms with E-state index in [-0.39, 0.29) is 0 Å². The van der Waals surface area contributed by atoms with E-state index in [2.05, 4.69) is 27.4 Å². The van der Waals surface area contributed by atoms with Crippen molar-refractivity contribution in [3.63, 3.8) is 0 Å². The molecule has 1 fully saturated rings. The third kappa shape index (κ3) is 1.33. The zero-order valence-electron chi connectivity index (χ0n) is 7.65. The fraction of sp³-hybridized carbons (Fsp3) is 0.800. The van der Waals surface area contributed by atoms with Gasteiger partial charge in [-0.2, -0.15) is 0 Å². The Balaban J connectivity index is 2.61. The van der Waals surface area contributed by atoms with Crippen molar-refractivity contribution in [1.82, 2.24) is 0 Å². The highest BCUT2D eigenvalue weighted by molar-refractivity contribution is 6.18. The Morgan fingerprint density at radius 1 is 1.64 bits per heavy atom. The van der Waals surface area contributed by atoms with Gasteiger partial charge < -0.3 is 0 Å². The van der Waals surface area contributed by atoms with Crippen LogP contribution in [0.4, 0.5) is 0 Å². The number of halogens is 1. The van der Waals surface area contributed by atoms with E-state index in [1.54, 1.807) is 0 Å². The van der Waals surface area contributed by atoms with Crippen molar-refractivity contribution in [2.24, 2.45) is 17.3 Å². The first-order chi connectivity index (χ1) is 5.00. The average Bonchev–Trinajstić information content (AvgIpc) is 1.85. The quantitative estimate of drug-likeness (QED) is 0.442. The van der Waals surface area contributed by atoms with Crippen LogP contribution in [0.3, 0.4) is 0 Å². The van der Waals surface area contributed by atoms with E-state index in [9.17, 15) is 0 Å². The molecule has 0 N–H and O–H groups in total. The SMILES string of the molecule is C=C(C)C1CC(CCl)C1(C)C. The topological polar surface area (TPSA) is 0 Å². The van der Waals surface area contributed by atoms with Crippen molar-refractivity contribution in [3.8, 4) is 0 Å². The molecular formula is C10H17Cl. The van der Waals surface area contributed by atoms with Crippen molar-refractivity contribution in [2.45, 2.75) is 27.2 Å². The van der Waals surface area contributed by atoms with Crippen molar-refractivity contribution in [2.75, 3.05) is 5.88 Å². The Morgan fingerprint density at radius 2 is 2.18 bits per heavy atom. The summed E-state index contributed by atoms with van der Waals surface area (Å²) in [4.78, 5) is 0. The second kappa shape index (κ2) is 2.82. The molecule has 1 rings (SSSR count). The molecule has 0 aromatic heterocycles. The summed E-state index contributed by atoms with van der Waals surface area (Å²) in [5.41, 5.74) is 1.71. The van der Waals surface area contributed by atoms with Gasteiger partial charge in [-0.15, -0.1) is 11.6 Å². The Hall–Kier alpha value is 0.0300. The summed E-state index contributed by atoms with van der Waals surface area (Å²) in [5.74, 6) is 2.20. The molecule has 1 heteroatoms. The van der Waals surface area contributed by atoms with E-state index in [0.717, 1.165) is 5.88 Å². The van der Waals surface area contributed by atoms with Crippen LogP contribution in [0.2, 0.25) is 0 Å². The predicted molar refractivity (Wildman–Crippen MR) is 50.9 cm³/mol. The van der Waals surface area contributed by atoms with Crippen LogP contribution in [0.5, 0.6) is 0 Å². The summed E-state index contributed by atoms with van der Waals surface area (Å²) >= 11 is 5.83. The van der Waals surface area contributed by atoms with Crippen LogP contribution in [-0.4, -0.2) is 5.88 Å². The standard InChI is InChI=1S/C10H17Cl/c1-7(2)9-5-8(6-11)10(9,3)4/h8-9H,1,5-6H2,2-4H3. The largest absolute Gasteiger partial charge is 0.126 e. The highest BCUT2D eigenvalue weighted by Crippen LogP contribution is 2.54. The highest BCUT2D eigenvalue weighted by atomic mass is 35.5. The maximum atomic E-state index is 5.83. The average molecular weight is 173 g/mol. The Labute approximate surface area is 74.6 Å². The van der Waals surface area contributed by atoms with Gasteiger partial charge in [-0.3, -0.25) is 0 Å². The van der Waals surface area contributed by atoms with Gasteiger partial charge in [0.15, 0.2) is 0 Å². The summed E-state index contributed by atoms with van der Waals surface area (Å²) in [5, 5.41) is 0. The molecule has 0 saturated heterocycles. The minimum absolute atomic E-state index is 0.396. The van der Waals surface area contributed by atoms with Crippen LogP contribution in [0.1, 0.15) is 27.2 Å². The van der Waals surface area contributed by atoms with E-state index < -0.39 is 0 Å². The molecule has 0 bridgehead atoms. The maximum absolute atomic E-state index is 5.83. The van der Waals surface area contributed by atoms with Crippen molar-refractivity contribution >= 4 is 11.6 Å². The van der Waals surface area contributed by atoms with Gasteiger partial charge >= 0.3 is 0 Å². The lowest BCUT2D eigenvalue weighted by molar-refractivity contribution is 0.0208. The summed E-state index contributed by atoms with van der Waals surface area (Å²) in [6.07, 6.45) is 1.24. The molecule has 1 aliphatic carbocycles. The molecule has 0 nitrogen and oxygen atoms in total. The van der Waals surface area contributed by atoms with Crippen LogP contribution in [0.15, 0.2) is 12.2 Å². The van der Waals surface area contributed by atoms with E-state index >= 15 is 0 Å². The number of hydrogen-bond donors (Lipinski definition) is 0. The fourth-order valence-electron chi connectivity index (χ4n) is 2.11. The van der Waals surface area contributed by atoms with Gasteiger partial charge in [0.1, 0.15) is 0 Å². The summed E-state index contributed by atoms with van der Waals surface area (Å²) in [6.45, 7) is 10.7. The van der Waals surface area contributed by atoms with Gasteiger partial charge in [0, 0.05) is 5.88 Å². The van der Waals surface area contributed by atoms with E-state index in [1.807, 2.05) is 0 Å². The zero-order valence-corrected chi connectivity index (χ0v) is 8.41. The molecule has 0 heterocycles. The monoisotopic (exact) mass is 172 g/mol. The second-order valence-corrected chi connectivity index (χ2v) is 4.62. The van der Waals surface area contributed by atoms with Crippen LogP contribution < -0.4 is 0 Å². The molecule has 0 aromatic rings. The van der Waals surface area contributed by atoms with Crippen LogP contribution >= 0.6 is 11.6 Å². The van der Waals surface area contributed by atoms with Crippen molar-refractivity contribution in [1.29, 1.82) is 0 Å². The molecule has 64 valence electrons. The van der Waals surface area contributed by atoms with Crippen LogP contribution in [-0.2, 0) is 0 Å². The van der Waals surface area contributed by atoms with Gasteiger partial charge in [-0.25, -0.2) is 0 Å². The van der Waals surface area contributed by atoms with E-state index in [0.29, 0.717) is 17.3 Å². The molecular weight excluding hydrogens is 156 g/mol. The second-order valence-electron chi connectivity index (χ2n) is 4.31. The lowest BCUT2D eigenvalue weighted by Gasteiger charge is -2.52. The lowest BCUT2D eigenvalue weighted by atomic mass is 9.53. The number of rotatable bonds is 2. The lowest BCUT2D eigenvalue weighted by Crippen LogP contribution is -2.46. The Kier molecular flexibility index (Phi) is 2.34. The van der Waals surface area contributed by atoms with E-state index in [1.165, 1.54) is 12.0 Å². The van der Waals surface area contributed by atoms with Crippen LogP contribution in [0.25, 0.3) is 0 Å². The first-order valence-electron chi connectivity index (χ1n) is 4.21. The summed E-state index contributed by atoms with van der Waals surface area (Å²) < 4.78 is 0. The minimum atomic E-state index is 0.396. The Morgan fingerprint density at radius 3 is 2.45 bits per heavy atom. The van der Waals surface area contributed by atoms with E-state index in [4.69, 9.17) is 11.6 Å². The molecule has 1 aliphatic rings. The van der Waals surface area contributed by atoms with Gasteiger partial charge in [0.2, 0.25) is 0 Å². The zero-order chi connectivity index (χ0) is 8.65.